The van der Waals surface area contributed by atoms with Crippen LogP contribution in [0.3, 0.4) is 0 Å². The summed E-state index contributed by atoms with van der Waals surface area (Å²) in [5.41, 5.74) is 2.73. The van der Waals surface area contributed by atoms with Crippen LogP contribution in [0.25, 0.3) is 0 Å². The van der Waals surface area contributed by atoms with Gasteiger partial charge in [-0.2, -0.15) is 0 Å². The number of amides is 2. The zero-order chi connectivity index (χ0) is 14.7. The largest absolute Gasteiger partial charge is 0.326 e. The maximum Gasteiger partial charge on any atom is 0.238 e. The highest BCUT2D eigenvalue weighted by atomic mass is 16.2. The summed E-state index contributed by atoms with van der Waals surface area (Å²) in [5, 5.41) is 9.04. The highest BCUT2D eigenvalue weighted by Gasteiger charge is 2.16. The fraction of sp³-hybridized carbons (Fsp3) is 0.467. The van der Waals surface area contributed by atoms with Gasteiger partial charge in [0.2, 0.25) is 11.8 Å². The number of hydrogen-bond acceptors (Lipinski definition) is 4. The lowest BCUT2D eigenvalue weighted by molar-refractivity contribution is -0.117. The van der Waals surface area contributed by atoms with Gasteiger partial charge in [-0.25, -0.2) is 0 Å². The van der Waals surface area contributed by atoms with Crippen LogP contribution in [0.4, 0.5) is 11.4 Å². The maximum absolute atomic E-state index is 12.1. The lowest BCUT2D eigenvalue weighted by Gasteiger charge is -2.26. The predicted octanol–water partition coefficient (Wildman–Crippen LogP) is 0.415. The second-order valence-corrected chi connectivity index (χ2v) is 5.49. The number of fused-ring (bicyclic) bond motifs is 1. The third kappa shape index (κ3) is 3.59. The molecule has 0 saturated carbocycles. The molecule has 2 amide bonds. The average molecular weight is 288 g/mol. The molecule has 21 heavy (non-hydrogen) atoms. The molecule has 0 aliphatic carbocycles. The van der Waals surface area contributed by atoms with Gasteiger partial charge in [-0.3, -0.25) is 14.5 Å². The molecule has 1 saturated heterocycles. The average Bonchev–Trinajstić information content (AvgIpc) is 2.48. The van der Waals surface area contributed by atoms with Gasteiger partial charge in [0, 0.05) is 44.0 Å². The van der Waals surface area contributed by atoms with Crippen molar-refractivity contribution in [2.45, 2.75) is 12.8 Å². The van der Waals surface area contributed by atoms with Crippen molar-refractivity contribution in [3.05, 3.63) is 23.8 Å². The van der Waals surface area contributed by atoms with Crippen LogP contribution in [-0.4, -0.2) is 49.4 Å². The fourth-order valence-corrected chi connectivity index (χ4v) is 2.73. The molecule has 2 heterocycles. The molecule has 0 aromatic heterocycles. The smallest absolute Gasteiger partial charge is 0.238 e. The molecule has 3 N–H and O–H groups in total. The summed E-state index contributed by atoms with van der Waals surface area (Å²) < 4.78 is 0. The number of rotatable bonds is 3. The van der Waals surface area contributed by atoms with E-state index in [1.54, 1.807) is 0 Å². The number of carbonyl (C=O) groups is 2. The first kappa shape index (κ1) is 14.0. The minimum atomic E-state index is 0.0108. The Labute approximate surface area is 123 Å². The minimum Gasteiger partial charge on any atom is -0.326 e. The Kier molecular flexibility index (Phi) is 4.17. The van der Waals surface area contributed by atoms with Gasteiger partial charge in [-0.15, -0.1) is 0 Å². The summed E-state index contributed by atoms with van der Waals surface area (Å²) in [4.78, 5) is 25.5. The molecular weight excluding hydrogens is 268 g/mol. The molecule has 1 fully saturated rings. The summed E-state index contributed by atoms with van der Waals surface area (Å²) in [7, 11) is 0. The molecule has 1 aromatic rings. The second kappa shape index (κ2) is 6.24. The Hall–Kier alpha value is -1.92. The standard InChI is InChI=1S/C15H20N4O2/c20-14-4-1-11-9-12(2-3-13(11)18-14)17-15(21)10-19-7-5-16-6-8-19/h2-3,9,16H,1,4-8,10H2,(H,17,21)(H,18,20). The van der Waals surface area contributed by atoms with Gasteiger partial charge in [0.1, 0.15) is 0 Å². The summed E-state index contributed by atoms with van der Waals surface area (Å²) >= 11 is 0. The van der Waals surface area contributed by atoms with E-state index in [0.717, 1.165) is 49.5 Å². The van der Waals surface area contributed by atoms with Crippen LogP contribution in [0.1, 0.15) is 12.0 Å². The van der Waals surface area contributed by atoms with Crippen molar-refractivity contribution in [1.29, 1.82) is 0 Å². The third-order valence-electron chi connectivity index (χ3n) is 3.86. The van der Waals surface area contributed by atoms with Crippen LogP contribution < -0.4 is 16.0 Å². The molecular formula is C15H20N4O2. The predicted molar refractivity (Wildman–Crippen MR) is 81.3 cm³/mol. The molecule has 0 atom stereocenters. The topological polar surface area (TPSA) is 73.5 Å². The Bertz CT molecular complexity index is 553. The number of anilines is 2. The van der Waals surface area contributed by atoms with Gasteiger partial charge in [-0.1, -0.05) is 0 Å². The first-order chi connectivity index (χ1) is 10.2. The molecule has 2 aliphatic rings. The van der Waals surface area contributed by atoms with E-state index < -0.39 is 0 Å². The molecule has 0 bridgehead atoms. The molecule has 6 nitrogen and oxygen atoms in total. The van der Waals surface area contributed by atoms with Crippen molar-refractivity contribution in [2.75, 3.05) is 43.4 Å². The van der Waals surface area contributed by atoms with Gasteiger partial charge in [-0.05, 0) is 30.2 Å². The van der Waals surface area contributed by atoms with Gasteiger partial charge in [0.25, 0.3) is 0 Å². The van der Waals surface area contributed by atoms with Crippen molar-refractivity contribution in [3.8, 4) is 0 Å². The zero-order valence-corrected chi connectivity index (χ0v) is 11.9. The van der Waals surface area contributed by atoms with E-state index in [4.69, 9.17) is 0 Å². The number of hydrogen-bond donors (Lipinski definition) is 3. The van der Waals surface area contributed by atoms with Crippen molar-refractivity contribution < 1.29 is 9.59 Å². The lowest BCUT2D eigenvalue weighted by Crippen LogP contribution is -2.46. The monoisotopic (exact) mass is 288 g/mol. The van der Waals surface area contributed by atoms with Crippen molar-refractivity contribution in [2.24, 2.45) is 0 Å². The number of aryl methyl sites for hydroxylation is 1. The number of piperazine rings is 1. The van der Waals surface area contributed by atoms with Gasteiger partial charge >= 0.3 is 0 Å². The van der Waals surface area contributed by atoms with Crippen molar-refractivity contribution in [3.63, 3.8) is 0 Å². The summed E-state index contributed by atoms with van der Waals surface area (Å²) in [5.74, 6) is 0.0645. The maximum atomic E-state index is 12.1. The summed E-state index contributed by atoms with van der Waals surface area (Å²) in [6.07, 6.45) is 1.23. The van der Waals surface area contributed by atoms with E-state index in [9.17, 15) is 9.59 Å². The second-order valence-electron chi connectivity index (χ2n) is 5.49. The first-order valence-electron chi connectivity index (χ1n) is 7.36. The number of benzene rings is 1. The SMILES string of the molecule is O=C(CN1CCNCC1)Nc1ccc2c(c1)CCC(=O)N2. The van der Waals surface area contributed by atoms with Gasteiger partial charge in [0.05, 0.1) is 6.54 Å². The molecule has 0 radical (unpaired) electrons. The highest BCUT2D eigenvalue weighted by Crippen LogP contribution is 2.25. The number of carbonyl (C=O) groups excluding carboxylic acids is 2. The van der Waals surface area contributed by atoms with Crippen LogP contribution in [0.5, 0.6) is 0 Å². The normalized spacial score (nSPS) is 18.8. The summed E-state index contributed by atoms with van der Waals surface area (Å²) in [6, 6.07) is 5.64. The first-order valence-corrected chi connectivity index (χ1v) is 7.36. The van der Waals surface area contributed by atoms with E-state index >= 15 is 0 Å². The van der Waals surface area contributed by atoms with E-state index in [-0.39, 0.29) is 11.8 Å². The Morgan fingerprint density at radius 1 is 1.24 bits per heavy atom. The lowest BCUT2D eigenvalue weighted by atomic mass is 10.0. The van der Waals surface area contributed by atoms with Crippen LogP contribution in [0.15, 0.2) is 18.2 Å². The van der Waals surface area contributed by atoms with Crippen LogP contribution in [0, 0.1) is 0 Å². The van der Waals surface area contributed by atoms with Gasteiger partial charge in [0.15, 0.2) is 0 Å². The quantitative estimate of drug-likeness (QED) is 0.753. The molecule has 0 unspecified atom stereocenters. The van der Waals surface area contributed by atoms with Gasteiger partial charge < -0.3 is 16.0 Å². The molecule has 0 spiro atoms. The van der Waals surface area contributed by atoms with E-state index in [2.05, 4.69) is 20.9 Å². The molecule has 6 heteroatoms. The Morgan fingerprint density at radius 3 is 2.86 bits per heavy atom. The highest BCUT2D eigenvalue weighted by molar-refractivity contribution is 5.96. The van der Waals surface area contributed by atoms with Crippen molar-refractivity contribution >= 4 is 23.2 Å². The Balaban J connectivity index is 1.59. The van der Waals surface area contributed by atoms with E-state index in [1.807, 2.05) is 18.2 Å². The molecule has 3 rings (SSSR count). The minimum absolute atomic E-state index is 0.0108. The number of nitrogens with zero attached hydrogens (tertiary/aromatic N) is 1. The van der Waals surface area contributed by atoms with Crippen LogP contribution >= 0.6 is 0 Å². The fourth-order valence-electron chi connectivity index (χ4n) is 2.73. The van der Waals surface area contributed by atoms with E-state index in [1.165, 1.54) is 0 Å². The van der Waals surface area contributed by atoms with Crippen LogP contribution in [0.2, 0.25) is 0 Å². The Morgan fingerprint density at radius 2 is 2.05 bits per heavy atom. The zero-order valence-electron chi connectivity index (χ0n) is 11.9. The van der Waals surface area contributed by atoms with Crippen LogP contribution in [-0.2, 0) is 16.0 Å². The van der Waals surface area contributed by atoms with E-state index in [0.29, 0.717) is 13.0 Å². The molecule has 2 aliphatic heterocycles. The number of nitrogens with one attached hydrogen (secondary N) is 3. The van der Waals surface area contributed by atoms with Crippen molar-refractivity contribution in [1.82, 2.24) is 10.2 Å². The molecule has 1 aromatic carbocycles. The molecule has 112 valence electrons. The summed E-state index contributed by atoms with van der Waals surface area (Å²) in [6.45, 7) is 4.11. The third-order valence-corrected chi connectivity index (χ3v) is 3.86.